The zero-order valence-corrected chi connectivity index (χ0v) is 16.0. The van der Waals surface area contributed by atoms with E-state index in [2.05, 4.69) is 31.0 Å². The molecule has 1 heterocycles. The number of carbonyl (C=O) groups excluding carboxylic acids is 2. The van der Waals surface area contributed by atoms with E-state index in [0.29, 0.717) is 11.4 Å². The van der Waals surface area contributed by atoms with Crippen LogP contribution in [0.3, 0.4) is 0 Å². The second-order valence-corrected chi connectivity index (χ2v) is 6.13. The molecule has 0 spiro atoms. The number of amides is 2. The Morgan fingerprint density at radius 1 is 0.793 bits per heavy atom. The highest BCUT2D eigenvalue weighted by Gasteiger charge is 2.20. The highest BCUT2D eigenvalue weighted by Crippen LogP contribution is 2.05. The van der Waals surface area contributed by atoms with Gasteiger partial charge in [0.05, 0.1) is 17.8 Å². The molecular formula is C21H20N6O2. The average molecular weight is 388 g/mol. The van der Waals surface area contributed by atoms with Crippen molar-refractivity contribution in [3.63, 3.8) is 0 Å². The van der Waals surface area contributed by atoms with Crippen LogP contribution in [-0.4, -0.2) is 33.2 Å². The summed E-state index contributed by atoms with van der Waals surface area (Å²) in [4.78, 5) is 31.4. The minimum atomic E-state index is -0.601. The Morgan fingerprint density at radius 2 is 1.28 bits per heavy atom. The first-order chi connectivity index (χ1) is 14.1. The van der Waals surface area contributed by atoms with Gasteiger partial charge < -0.3 is 4.98 Å². The van der Waals surface area contributed by atoms with Crippen molar-refractivity contribution in [2.75, 3.05) is 0 Å². The number of hydrazone groups is 2. The number of imidazole rings is 1. The molecule has 0 bridgehead atoms. The molecule has 0 unspecified atom stereocenters. The third-order valence-corrected chi connectivity index (χ3v) is 4.11. The molecule has 3 aromatic rings. The molecule has 0 atom stereocenters. The topological polar surface area (TPSA) is 112 Å². The summed E-state index contributed by atoms with van der Waals surface area (Å²) in [5.41, 5.74) is 7.79. The number of hydrogen-bond donors (Lipinski definition) is 3. The summed E-state index contributed by atoms with van der Waals surface area (Å²) in [5, 5.41) is 8.14. The van der Waals surface area contributed by atoms with Crippen LogP contribution in [0.25, 0.3) is 0 Å². The van der Waals surface area contributed by atoms with E-state index in [0.717, 1.165) is 11.1 Å². The van der Waals surface area contributed by atoms with Gasteiger partial charge in [0.1, 0.15) is 5.69 Å². The maximum Gasteiger partial charge on any atom is 0.292 e. The summed E-state index contributed by atoms with van der Waals surface area (Å²) in [6.45, 7) is 3.55. The van der Waals surface area contributed by atoms with Crippen LogP contribution in [0.2, 0.25) is 0 Å². The van der Waals surface area contributed by atoms with Gasteiger partial charge in [0, 0.05) is 0 Å². The van der Waals surface area contributed by atoms with Crippen LogP contribution < -0.4 is 10.9 Å². The highest BCUT2D eigenvalue weighted by molar-refractivity contribution is 6.06. The molecule has 2 aromatic carbocycles. The van der Waals surface area contributed by atoms with Crippen molar-refractivity contribution in [2.24, 2.45) is 10.2 Å². The minimum absolute atomic E-state index is 0.000300. The third kappa shape index (κ3) is 5.01. The Kier molecular flexibility index (Phi) is 6.26. The minimum Gasteiger partial charge on any atom is -0.340 e. The van der Waals surface area contributed by atoms with Crippen molar-refractivity contribution in [1.82, 2.24) is 20.8 Å². The van der Waals surface area contributed by atoms with E-state index >= 15 is 0 Å². The molecule has 0 aliphatic heterocycles. The van der Waals surface area contributed by atoms with E-state index in [1.807, 2.05) is 60.7 Å². The van der Waals surface area contributed by atoms with Gasteiger partial charge in [-0.05, 0) is 25.0 Å². The summed E-state index contributed by atoms with van der Waals surface area (Å²) in [7, 11) is 0. The number of aromatic nitrogens is 2. The van der Waals surface area contributed by atoms with Crippen molar-refractivity contribution in [2.45, 2.75) is 13.8 Å². The van der Waals surface area contributed by atoms with E-state index in [1.54, 1.807) is 13.8 Å². The van der Waals surface area contributed by atoms with Gasteiger partial charge >= 0.3 is 0 Å². The first-order valence-electron chi connectivity index (χ1n) is 8.89. The lowest BCUT2D eigenvalue weighted by Gasteiger charge is -2.04. The number of nitrogens with zero attached hydrogens (tertiary/aromatic N) is 3. The van der Waals surface area contributed by atoms with Gasteiger partial charge in [-0.25, -0.2) is 15.8 Å². The Bertz CT molecular complexity index is 971. The van der Waals surface area contributed by atoms with Crippen LogP contribution in [0.1, 0.15) is 46.0 Å². The van der Waals surface area contributed by atoms with E-state index in [9.17, 15) is 9.59 Å². The van der Waals surface area contributed by atoms with Gasteiger partial charge in [0.25, 0.3) is 11.8 Å². The SMILES string of the molecule is C/C(=N/NC(=O)c1nc[nH]c1C(=O)N/N=C(/C)c1ccccc1)c1ccccc1. The van der Waals surface area contributed by atoms with Crippen molar-refractivity contribution < 1.29 is 9.59 Å². The van der Waals surface area contributed by atoms with Gasteiger partial charge in [-0.1, -0.05) is 60.7 Å². The first-order valence-corrected chi connectivity index (χ1v) is 8.89. The molecular weight excluding hydrogens is 368 g/mol. The van der Waals surface area contributed by atoms with Crippen LogP contribution in [0.15, 0.2) is 77.2 Å². The lowest BCUT2D eigenvalue weighted by atomic mass is 10.1. The molecule has 2 amide bonds. The molecule has 146 valence electrons. The van der Waals surface area contributed by atoms with Crippen LogP contribution in [0.5, 0.6) is 0 Å². The molecule has 8 nitrogen and oxygen atoms in total. The van der Waals surface area contributed by atoms with Gasteiger partial charge in [-0.3, -0.25) is 9.59 Å². The molecule has 0 fully saturated rings. The Balaban J connectivity index is 1.68. The number of rotatable bonds is 6. The van der Waals surface area contributed by atoms with Crippen LogP contribution in [-0.2, 0) is 0 Å². The molecule has 29 heavy (non-hydrogen) atoms. The second-order valence-electron chi connectivity index (χ2n) is 6.13. The maximum absolute atomic E-state index is 12.4. The first kappa shape index (κ1) is 19.7. The average Bonchev–Trinajstić information content (AvgIpc) is 3.26. The van der Waals surface area contributed by atoms with Crippen LogP contribution >= 0.6 is 0 Å². The van der Waals surface area contributed by atoms with Crippen molar-refractivity contribution in [3.05, 3.63) is 89.5 Å². The zero-order valence-electron chi connectivity index (χ0n) is 16.0. The summed E-state index contributed by atoms with van der Waals surface area (Å²) in [5.74, 6) is -1.18. The zero-order chi connectivity index (χ0) is 20.6. The van der Waals surface area contributed by atoms with Crippen molar-refractivity contribution >= 4 is 23.2 Å². The molecule has 8 heteroatoms. The normalized spacial score (nSPS) is 11.8. The van der Waals surface area contributed by atoms with Gasteiger partial charge in [-0.15, -0.1) is 0 Å². The Labute approximate surface area is 167 Å². The van der Waals surface area contributed by atoms with Gasteiger partial charge in [-0.2, -0.15) is 10.2 Å². The fraction of sp³-hybridized carbons (Fsp3) is 0.0952. The number of benzene rings is 2. The molecule has 0 saturated heterocycles. The van der Waals surface area contributed by atoms with Gasteiger partial charge in [0.15, 0.2) is 5.69 Å². The number of H-pyrrole nitrogens is 1. The highest BCUT2D eigenvalue weighted by atomic mass is 16.2. The predicted octanol–water partition coefficient (Wildman–Crippen LogP) is 2.72. The number of carbonyl (C=O) groups is 2. The number of aromatic amines is 1. The summed E-state index contributed by atoms with van der Waals surface area (Å²) >= 11 is 0. The lowest BCUT2D eigenvalue weighted by molar-refractivity contribution is 0.0915. The summed E-state index contributed by atoms with van der Waals surface area (Å²) in [6.07, 6.45) is 1.27. The molecule has 0 saturated carbocycles. The molecule has 1 aromatic heterocycles. The maximum atomic E-state index is 12.4. The monoisotopic (exact) mass is 388 g/mol. The predicted molar refractivity (Wildman–Crippen MR) is 111 cm³/mol. The summed E-state index contributed by atoms with van der Waals surface area (Å²) < 4.78 is 0. The molecule has 0 aliphatic carbocycles. The van der Waals surface area contributed by atoms with Crippen molar-refractivity contribution in [3.8, 4) is 0 Å². The van der Waals surface area contributed by atoms with Gasteiger partial charge in [0.2, 0.25) is 0 Å². The van der Waals surface area contributed by atoms with E-state index in [-0.39, 0.29) is 11.4 Å². The lowest BCUT2D eigenvalue weighted by Crippen LogP contribution is -2.26. The Hall–Kier alpha value is -4.07. The number of hydrogen-bond acceptors (Lipinski definition) is 5. The quantitative estimate of drug-likeness (QED) is 0.446. The molecule has 0 aliphatic rings. The Morgan fingerprint density at radius 3 is 1.79 bits per heavy atom. The van der Waals surface area contributed by atoms with E-state index < -0.39 is 11.8 Å². The largest absolute Gasteiger partial charge is 0.340 e. The van der Waals surface area contributed by atoms with Crippen LogP contribution in [0.4, 0.5) is 0 Å². The smallest absolute Gasteiger partial charge is 0.292 e. The van der Waals surface area contributed by atoms with E-state index in [1.165, 1.54) is 6.33 Å². The summed E-state index contributed by atoms with van der Waals surface area (Å²) in [6, 6.07) is 18.8. The second kappa shape index (κ2) is 9.23. The third-order valence-electron chi connectivity index (χ3n) is 4.11. The fourth-order valence-electron chi connectivity index (χ4n) is 2.51. The van der Waals surface area contributed by atoms with E-state index in [4.69, 9.17) is 0 Å². The number of nitrogens with one attached hydrogen (secondary N) is 3. The molecule has 0 radical (unpaired) electrons. The van der Waals surface area contributed by atoms with Crippen molar-refractivity contribution in [1.29, 1.82) is 0 Å². The fourth-order valence-corrected chi connectivity index (χ4v) is 2.51. The molecule has 3 N–H and O–H groups in total. The molecule has 3 rings (SSSR count). The van der Waals surface area contributed by atoms with Crippen LogP contribution in [0, 0.1) is 0 Å². The standard InChI is InChI=1S/C21H20N6O2/c1-14(16-9-5-3-6-10-16)24-26-20(28)18-19(23-13-22-18)21(29)27-25-15(2)17-11-7-4-8-12-17/h3-13H,1-2H3,(H,22,23)(H,26,28)(H,27,29)/b24-14-,25-15-.